The minimum atomic E-state index is -4.02. The predicted octanol–water partition coefficient (Wildman–Crippen LogP) is 1.11. The van der Waals surface area contributed by atoms with Crippen molar-refractivity contribution >= 4 is 30.8 Å². The summed E-state index contributed by atoms with van der Waals surface area (Å²) in [6, 6.07) is -0.999. The van der Waals surface area contributed by atoms with Gasteiger partial charge in [-0.25, -0.2) is 19.0 Å². The molecule has 15 heteroatoms. The number of hydrogen-bond donors (Lipinski definition) is 2. The van der Waals surface area contributed by atoms with Crippen LogP contribution in [-0.4, -0.2) is 69.7 Å². The Kier molecular flexibility index (Phi) is 5.84. The maximum Gasteiger partial charge on any atom is 0.406 e. The summed E-state index contributed by atoms with van der Waals surface area (Å²) in [5.41, 5.74) is 4.09. The lowest BCUT2D eigenvalue weighted by Gasteiger charge is -2.35. The van der Waals surface area contributed by atoms with Crippen LogP contribution in [0.2, 0.25) is 0 Å². The molecule has 13 nitrogen and oxygen atoms in total. The summed E-state index contributed by atoms with van der Waals surface area (Å²) in [7, 11) is -2.84. The zero-order valence-electron chi connectivity index (χ0n) is 17.9. The highest BCUT2D eigenvalue weighted by Crippen LogP contribution is 2.57. The monoisotopic (exact) mass is 474 g/mol. The number of nitrogens with two attached hydrogens (primary N) is 1. The van der Waals surface area contributed by atoms with E-state index in [-0.39, 0.29) is 29.6 Å². The summed E-state index contributed by atoms with van der Waals surface area (Å²) >= 11 is 0. The maximum absolute atomic E-state index is 16.1. The molecule has 0 spiro atoms. The highest BCUT2D eigenvalue weighted by Gasteiger charge is 2.61. The van der Waals surface area contributed by atoms with Gasteiger partial charge in [0.2, 0.25) is 11.8 Å². The van der Waals surface area contributed by atoms with Gasteiger partial charge in [-0.15, -0.1) is 0 Å². The smallest absolute Gasteiger partial charge is 0.406 e. The van der Waals surface area contributed by atoms with Crippen molar-refractivity contribution in [2.24, 2.45) is 0 Å². The Morgan fingerprint density at radius 1 is 1.53 bits per heavy atom. The Labute approximate surface area is 182 Å². The molecule has 2 aliphatic rings. The molecule has 4 heterocycles. The van der Waals surface area contributed by atoms with E-state index < -0.39 is 43.9 Å². The third kappa shape index (κ3) is 3.82. The average molecular weight is 474 g/mol. The van der Waals surface area contributed by atoms with Crippen LogP contribution in [-0.2, 0) is 27.9 Å². The molecule has 4 rings (SSSR count). The van der Waals surface area contributed by atoms with Gasteiger partial charge in [-0.1, -0.05) is 0 Å². The number of ether oxygens (including phenoxy) is 3. The lowest BCUT2D eigenvalue weighted by atomic mass is 9.98. The Hall–Kier alpha value is -2.38. The predicted molar refractivity (Wildman–Crippen MR) is 107 cm³/mol. The first-order valence-electron chi connectivity index (χ1n) is 9.85. The van der Waals surface area contributed by atoms with Crippen molar-refractivity contribution < 1.29 is 37.0 Å². The number of carbonyl (C=O) groups excluding carboxylic acids is 1. The number of alkyl halides is 1. The normalized spacial score (nSPS) is 33.1. The topological polar surface area (TPSA) is 162 Å². The molecule has 0 aliphatic carbocycles. The minimum Gasteiger partial charge on any atom is -0.476 e. The largest absolute Gasteiger partial charge is 0.476 e. The lowest BCUT2D eigenvalue weighted by Crippen LogP contribution is -2.47. The summed E-state index contributed by atoms with van der Waals surface area (Å²) in [5.74, 6) is -0.594. The van der Waals surface area contributed by atoms with Crippen LogP contribution >= 0.6 is 7.75 Å². The SMILES string of the molecule is CCOc1nc(N)nc2c1ncn2[C@@H]1O[C@@H]2CO[P@@](=O)(N[C@@H](C)C(=O)OC)O[C@H]2[C@@]1(C)F. The van der Waals surface area contributed by atoms with Gasteiger partial charge in [-0.2, -0.15) is 9.97 Å². The molecule has 2 aromatic rings. The first-order chi connectivity index (χ1) is 15.1. The molecule has 2 aliphatic heterocycles. The molecule has 0 aromatic carbocycles. The fourth-order valence-corrected chi connectivity index (χ4v) is 5.47. The summed E-state index contributed by atoms with van der Waals surface area (Å²) in [6.45, 7) is 4.54. The molecular weight excluding hydrogens is 450 g/mol. The number of aromatic nitrogens is 4. The van der Waals surface area contributed by atoms with E-state index in [0.717, 1.165) is 0 Å². The summed E-state index contributed by atoms with van der Waals surface area (Å²) in [4.78, 5) is 24.0. The van der Waals surface area contributed by atoms with E-state index in [1.54, 1.807) is 6.92 Å². The summed E-state index contributed by atoms with van der Waals surface area (Å²) in [6.07, 6.45) is -2.07. The first-order valence-corrected chi connectivity index (χ1v) is 11.4. The fourth-order valence-electron chi connectivity index (χ4n) is 3.71. The second-order valence-electron chi connectivity index (χ2n) is 7.52. The van der Waals surface area contributed by atoms with Gasteiger partial charge in [0.25, 0.3) is 0 Å². The van der Waals surface area contributed by atoms with Crippen molar-refractivity contribution in [1.82, 2.24) is 24.6 Å². The number of methoxy groups -OCH3 is 1. The van der Waals surface area contributed by atoms with Gasteiger partial charge in [0.1, 0.15) is 18.2 Å². The molecule has 0 bridgehead atoms. The zero-order valence-corrected chi connectivity index (χ0v) is 18.7. The molecule has 2 saturated heterocycles. The summed E-state index contributed by atoms with van der Waals surface area (Å²) < 4.78 is 57.1. The van der Waals surface area contributed by atoms with Crippen LogP contribution in [0.4, 0.5) is 10.3 Å². The Balaban J connectivity index is 1.63. The van der Waals surface area contributed by atoms with Crippen LogP contribution in [0.25, 0.3) is 11.2 Å². The number of anilines is 1. The van der Waals surface area contributed by atoms with E-state index in [1.807, 2.05) is 0 Å². The van der Waals surface area contributed by atoms with Gasteiger partial charge in [0.15, 0.2) is 23.1 Å². The van der Waals surface area contributed by atoms with E-state index in [4.69, 9.17) is 24.3 Å². The van der Waals surface area contributed by atoms with Crippen molar-refractivity contribution in [2.45, 2.75) is 50.9 Å². The maximum atomic E-state index is 16.1. The molecule has 6 atom stereocenters. The zero-order chi connectivity index (χ0) is 23.3. The highest BCUT2D eigenvalue weighted by atomic mass is 31.2. The highest BCUT2D eigenvalue weighted by molar-refractivity contribution is 7.51. The number of esters is 1. The van der Waals surface area contributed by atoms with Gasteiger partial charge < -0.3 is 19.9 Å². The minimum absolute atomic E-state index is 0.0799. The van der Waals surface area contributed by atoms with Crippen molar-refractivity contribution in [1.29, 1.82) is 0 Å². The molecule has 0 radical (unpaired) electrons. The van der Waals surface area contributed by atoms with Crippen molar-refractivity contribution in [3.63, 3.8) is 0 Å². The van der Waals surface area contributed by atoms with Gasteiger partial charge >= 0.3 is 13.7 Å². The van der Waals surface area contributed by atoms with Crippen LogP contribution in [0.15, 0.2) is 6.33 Å². The van der Waals surface area contributed by atoms with Crippen LogP contribution in [0.5, 0.6) is 5.88 Å². The molecule has 0 amide bonds. The number of hydrogen-bond acceptors (Lipinski definition) is 11. The van der Waals surface area contributed by atoms with E-state index >= 15 is 4.39 Å². The number of fused-ring (bicyclic) bond motifs is 2. The number of imidazole rings is 1. The molecule has 0 unspecified atom stereocenters. The average Bonchev–Trinajstić information content (AvgIpc) is 3.25. The summed E-state index contributed by atoms with van der Waals surface area (Å²) in [5, 5.41) is 2.45. The van der Waals surface area contributed by atoms with E-state index in [1.165, 1.54) is 31.9 Å². The second-order valence-corrected chi connectivity index (χ2v) is 9.24. The number of halogens is 1. The van der Waals surface area contributed by atoms with Crippen LogP contribution in [0.1, 0.15) is 27.0 Å². The van der Waals surface area contributed by atoms with Crippen molar-refractivity contribution in [3.05, 3.63) is 6.33 Å². The fraction of sp³-hybridized carbons (Fsp3) is 0.647. The van der Waals surface area contributed by atoms with Crippen LogP contribution in [0.3, 0.4) is 0 Å². The molecule has 2 fully saturated rings. The van der Waals surface area contributed by atoms with E-state index in [2.05, 4.69) is 24.8 Å². The van der Waals surface area contributed by atoms with Gasteiger partial charge in [0, 0.05) is 0 Å². The molecule has 3 N–H and O–H groups in total. The van der Waals surface area contributed by atoms with E-state index in [0.29, 0.717) is 6.61 Å². The molecule has 2 aromatic heterocycles. The first kappa shape index (κ1) is 22.8. The number of nitrogen functional groups attached to an aromatic ring is 1. The quantitative estimate of drug-likeness (QED) is 0.454. The molecular formula is C17H24FN6O7P. The molecule has 32 heavy (non-hydrogen) atoms. The van der Waals surface area contributed by atoms with Crippen molar-refractivity contribution in [3.8, 4) is 5.88 Å². The standard InChI is InChI=1S/C17H24FN6O7P/c1-5-28-13-10-12(21-16(19)22-13)24(7-20-10)15-17(3,18)11-9(30-15)6-29-32(26,31-11)23-8(2)14(25)27-4/h7-9,11,15H,5-6H2,1-4H3,(H,23,26)(H2,19,21,22)/t8-,9+,11+,15+,17+,32-/m0/s1. The Bertz CT molecular complexity index is 1080. The number of nitrogens with one attached hydrogen (secondary N) is 1. The Morgan fingerprint density at radius 3 is 2.97 bits per heavy atom. The number of carbonyl (C=O) groups is 1. The van der Waals surface area contributed by atoms with Gasteiger partial charge in [-0.05, 0) is 20.8 Å². The third-order valence-electron chi connectivity index (χ3n) is 5.19. The molecule has 176 valence electrons. The molecule has 0 saturated carbocycles. The van der Waals surface area contributed by atoms with Crippen LogP contribution in [0, 0.1) is 0 Å². The second kappa shape index (κ2) is 8.19. The third-order valence-corrected chi connectivity index (χ3v) is 6.89. The van der Waals surface area contributed by atoms with Crippen LogP contribution < -0.4 is 15.6 Å². The van der Waals surface area contributed by atoms with E-state index in [9.17, 15) is 9.36 Å². The number of rotatable bonds is 6. The Morgan fingerprint density at radius 2 is 2.28 bits per heavy atom. The number of nitrogens with zero attached hydrogens (tertiary/aromatic N) is 4. The van der Waals surface area contributed by atoms with Crippen molar-refractivity contribution in [2.75, 3.05) is 26.1 Å². The lowest BCUT2D eigenvalue weighted by molar-refractivity contribution is -0.142. The van der Waals surface area contributed by atoms with Gasteiger partial charge in [-0.3, -0.25) is 18.4 Å². The van der Waals surface area contributed by atoms with Gasteiger partial charge in [0.05, 0.1) is 26.7 Å².